The predicted octanol–water partition coefficient (Wildman–Crippen LogP) is 2.72. The van der Waals surface area contributed by atoms with Gasteiger partial charge in [-0.15, -0.1) is 0 Å². The van der Waals surface area contributed by atoms with Gasteiger partial charge in [0.2, 0.25) is 0 Å². The van der Waals surface area contributed by atoms with E-state index in [2.05, 4.69) is 10.5 Å². The Morgan fingerprint density at radius 1 is 1.32 bits per heavy atom. The van der Waals surface area contributed by atoms with Crippen LogP contribution in [0.4, 0.5) is 5.69 Å². The number of nitro groups is 1. The molecular formula is C14H10ClN3O4. The first-order valence-electron chi connectivity index (χ1n) is 6.04. The van der Waals surface area contributed by atoms with E-state index in [4.69, 9.17) is 11.6 Å². The highest BCUT2D eigenvalue weighted by atomic mass is 35.5. The highest BCUT2D eigenvalue weighted by Gasteiger charge is 2.12. The van der Waals surface area contributed by atoms with E-state index >= 15 is 0 Å². The summed E-state index contributed by atoms with van der Waals surface area (Å²) >= 11 is 5.77. The molecule has 1 amide bonds. The minimum atomic E-state index is -0.711. The number of phenolic OH excluding ortho intramolecular Hbond substituents is 1. The molecule has 2 aromatic rings. The molecule has 0 saturated carbocycles. The van der Waals surface area contributed by atoms with E-state index in [9.17, 15) is 20.0 Å². The Kier molecular flexibility index (Phi) is 4.70. The number of nitrogens with zero attached hydrogens (tertiary/aromatic N) is 2. The van der Waals surface area contributed by atoms with Crippen molar-refractivity contribution < 1.29 is 14.8 Å². The minimum Gasteiger partial charge on any atom is -0.502 e. The number of nitrogens with one attached hydrogen (secondary N) is 1. The number of halogens is 1. The standard InChI is InChI=1S/C14H10ClN3O4/c15-11-3-1-2-10(7-11)14(20)17-16-8-9-4-5-13(19)12(6-9)18(21)22/h1-8,19H,(H,17,20)/b16-8-. The van der Waals surface area contributed by atoms with Crippen molar-refractivity contribution in [2.45, 2.75) is 0 Å². The Morgan fingerprint density at radius 2 is 2.09 bits per heavy atom. The normalized spacial score (nSPS) is 10.6. The zero-order valence-electron chi connectivity index (χ0n) is 11.1. The van der Waals surface area contributed by atoms with Gasteiger partial charge in [0.15, 0.2) is 5.75 Å². The van der Waals surface area contributed by atoms with Crippen LogP contribution in [-0.4, -0.2) is 22.2 Å². The molecule has 0 saturated heterocycles. The zero-order chi connectivity index (χ0) is 16.1. The van der Waals surface area contributed by atoms with Gasteiger partial charge in [-0.2, -0.15) is 5.10 Å². The largest absolute Gasteiger partial charge is 0.502 e. The van der Waals surface area contributed by atoms with Gasteiger partial charge in [0.25, 0.3) is 5.91 Å². The summed E-state index contributed by atoms with van der Waals surface area (Å²) in [4.78, 5) is 21.8. The second-order valence-corrected chi connectivity index (χ2v) is 4.65. The van der Waals surface area contributed by atoms with Gasteiger partial charge >= 0.3 is 5.69 Å². The molecule has 0 aromatic heterocycles. The molecule has 2 aromatic carbocycles. The maximum absolute atomic E-state index is 11.8. The Balaban J connectivity index is 2.08. The van der Waals surface area contributed by atoms with Crippen molar-refractivity contribution in [3.63, 3.8) is 0 Å². The van der Waals surface area contributed by atoms with Crippen molar-refractivity contribution in [1.82, 2.24) is 5.43 Å². The van der Waals surface area contributed by atoms with Gasteiger partial charge in [-0.25, -0.2) is 5.43 Å². The monoisotopic (exact) mass is 319 g/mol. The lowest BCUT2D eigenvalue weighted by Crippen LogP contribution is -2.17. The van der Waals surface area contributed by atoms with Crippen LogP contribution >= 0.6 is 11.6 Å². The SMILES string of the molecule is O=C(N/N=C\c1ccc(O)c([N+](=O)[O-])c1)c1cccc(Cl)c1. The first-order valence-corrected chi connectivity index (χ1v) is 6.41. The maximum Gasteiger partial charge on any atom is 0.311 e. The van der Waals surface area contributed by atoms with E-state index < -0.39 is 22.3 Å². The molecule has 0 heterocycles. The molecule has 0 spiro atoms. The van der Waals surface area contributed by atoms with Crippen molar-refractivity contribution in [2.75, 3.05) is 0 Å². The molecular weight excluding hydrogens is 310 g/mol. The first-order chi connectivity index (χ1) is 10.5. The Hall–Kier alpha value is -2.93. The van der Waals surface area contributed by atoms with E-state index in [1.807, 2.05) is 0 Å². The fourth-order valence-electron chi connectivity index (χ4n) is 1.63. The second kappa shape index (κ2) is 6.68. The third kappa shape index (κ3) is 3.80. The molecule has 2 N–H and O–H groups in total. The number of nitro benzene ring substituents is 1. The number of carbonyl (C=O) groups is 1. The lowest BCUT2D eigenvalue weighted by Gasteiger charge is -2.00. The van der Waals surface area contributed by atoms with Gasteiger partial charge < -0.3 is 5.11 Å². The van der Waals surface area contributed by atoms with Crippen molar-refractivity contribution in [1.29, 1.82) is 0 Å². The summed E-state index contributed by atoms with van der Waals surface area (Å²) < 4.78 is 0. The summed E-state index contributed by atoms with van der Waals surface area (Å²) in [7, 11) is 0. The highest BCUT2D eigenvalue weighted by molar-refractivity contribution is 6.30. The molecule has 0 radical (unpaired) electrons. The number of carbonyl (C=O) groups excluding carboxylic acids is 1. The van der Waals surface area contributed by atoms with E-state index in [-0.39, 0.29) is 0 Å². The fraction of sp³-hybridized carbons (Fsp3) is 0. The number of amides is 1. The smallest absolute Gasteiger partial charge is 0.311 e. The molecule has 112 valence electrons. The lowest BCUT2D eigenvalue weighted by atomic mass is 10.2. The minimum absolute atomic E-state index is 0.335. The maximum atomic E-state index is 11.8. The number of aromatic hydroxyl groups is 1. The summed E-state index contributed by atoms with van der Waals surface area (Å²) in [6.45, 7) is 0. The van der Waals surface area contributed by atoms with Crippen LogP contribution < -0.4 is 5.43 Å². The molecule has 0 unspecified atom stereocenters. The third-order valence-corrected chi connectivity index (χ3v) is 2.90. The van der Waals surface area contributed by atoms with Crippen LogP contribution in [0.15, 0.2) is 47.6 Å². The highest BCUT2D eigenvalue weighted by Crippen LogP contribution is 2.25. The predicted molar refractivity (Wildman–Crippen MR) is 81.3 cm³/mol. The van der Waals surface area contributed by atoms with Gasteiger partial charge in [-0.3, -0.25) is 14.9 Å². The Labute approximate surface area is 130 Å². The van der Waals surface area contributed by atoms with Crippen LogP contribution in [-0.2, 0) is 0 Å². The molecule has 2 rings (SSSR count). The average Bonchev–Trinajstić information content (AvgIpc) is 2.48. The van der Waals surface area contributed by atoms with Crippen molar-refractivity contribution in [3.8, 4) is 5.75 Å². The van der Waals surface area contributed by atoms with Crippen LogP contribution in [0.5, 0.6) is 5.75 Å². The number of hydrogen-bond acceptors (Lipinski definition) is 5. The summed E-state index contributed by atoms with van der Waals surface area (Å²) in [5.41, 5.74) is 2.53. The van der Waals surface area contributed by atoms with Crippen molar-refractivity contribution in [3.05, 3.63) is 68.7 Å². The van der Waals surface area contributed by atoms with Gasteiger partial charge in [0.05, 0.1) is 11.1 Å². The molecule has 22 heavy (non-hydrogen) atoms. The quantitative estimate of drug-likeness (QED) is 0.513. The Morgan fingerprint density at radius 3 is 2.77 bits per heavy atom. The second-order valence-electron chi connectivity index (χ2n) is 4.21. The fourth-order valence-corrected chi connectivity index (χ4v) is 1.82. The Bertz CT molecular complexity index is 762. The van der Waals surface area contributed by atoms with Crippen LogP contribution in [0.1, 0.15) is 15.9 Å². The van der Waals surface area contributed by atoms with Crippen LogP contribution in [0.3, 0.4) is 0 Å². The zero-order valence-corrected chi connectivity index (χ0v) is 11.8. The summed E-state index contributed by atoms with van der Waals surface area (Å²) in [5.74, 6) is -0.905. The number of hydrogen-bond donors (Lipinski definition) is 2. The first kappa shape index (κ1) is 15.5. The van der Waals surface area contributed by atoms with Gasteiger partial charge in [0, 0.05) is 22.2 Å². The molecule has 0 aliphatic carbocycles. The van der Waals surface area contributed by atoms with Crippen molar-refractivity contribution in [2.24, 2.45) is 5.10 Å². The number of hydrazone groups is 1. The average molecular weight is 320 g/mol. The number of rotatable bonds is 4. The molecule has 7 nitrogen and oxygen atoms in total. The van der Waals surface area contributed by atoms with Gasteiger partial charge in [0.1, 0.15) is 0 Å². The molecule has 0 aliphatic heterocycles. The van der Waals surface area contributed by atoms with Gasteiger partial charge in [-0.05, 0) is 30.3 Å². The number of phenols is 1. The van der Waals surface area contributed by atoms with E-state index in [0.29, 0.717) is 16.1 Å². The molecule has 0 fully saturated rings. The van der Waals surface area contributed by atoms with Crippen LogP contribution in [0.25, 0.3) is 0 Å². The topological polar surface area (TPSA) is 105 Å². The van der Waals surface area contributed by atoms with Gasteiger partial charge in [-0.1, -0.05) is 17.7 Å². The summed E-state index contributed by atoms with van der Waals surface area (Å²) in [6, 6.07) is 10.1. The number of benzene rings is 2. The van der Waals surface area contributed by atoms with Crippen molar-refractivity contribution >= 4 is 29.4 Å². The van der Waals surface area contributed by atoms with Crippen LogP contribution in [0, 0.1) is 10.1 Å². The van der Waals surface area contributed by atoms with E-state index in [0.717, 1.165) is 6.07 Å². The lowest BCUT2D eigenvalue weighted by molar-refractivity contribution is -0.385. The van der Waals surface area contributed by atoms with E-state index in [1.165, 1.54) is 24.4 Å². The molecule has 8 heteroatoms. The summed E-state index contributed by atoms with van der Waals surface area (Å²) in [6.07, 6.45) is 1.23. The summed E-state index contributed by atoms with van der Waals surface area (Å²) in [5, 5.41) is 24.1. The third-order valence-electron chi connectivity index (χ3n) is 2.66. The van der Waals surface area contributed by atoms with Crippen LogP contribution in [0.2, 0.25) is 5.02 Å². The molecule has 0 aliphatic rings. The molecule has 0 bridgehead atoms. The van der Waals surface area contributed by atoms with E-state index in [1.54, 1.807) is 18.2 Å². The molecule has 0 atom stereocenters.